The predicted octanol–water partition coefficient (Wildman–Crippen LogP) is 4.06. The van der Waals surface area contributed by atoms with E-state index in [4.69, 9.17) is 14.2 Å². The Morgan fingerprint density at radius 3 is 2.40 bits per heavy atom. The van der Waals surface area contributed by atoms with Gasteiger partial charge in [-0.2, -0.15) is 4.31 Å². The molecule has 4 aromatic carbocycles. The Morgan fingerprint density at radius 2 is 1.62 bits per heavy atom. The monoisotopic (exact) mass is 880 g/mol. The summed E-state index contributed by atoms with van der Waals surface area (Å²) in [7, 11) is -3.81. The number of carbonyl (C=O) groups is 4. The quantitative estimate of drug-likeness (QED) is 0.0710. The maximum atomic E-state index is 14.0. The minimum Gasteiger partial charge on any atom is -0.394 e. The number of nitrogens with zero attached hydrogens (tertiary/aromatic N) is 2. The van der Waals surface area contributed by atoms with Gasteiger partial charge in [0.25, 0.3) is 5.91 Å². The molecule has 1 unspecified atom stereocenters. The highest BCUT2D eigenvalue weighted by molar-refractivity contribution is 7.89. The molecule has 332 valence electrons. The molecule has 0 radical (unpaired) electrons. The first-order valence-corrected chi connectivity index (χ1v) is 22.7. The zero-order valence-corrected chi connectivity index (χ0v) is 35.8. The number of nitrogens with one attached hydrogen (secondary N) is 4. The number of hydrogen-bond acceptors (Lipinski definition) is 12. The van der Waals surface area contributed by atoms with E-state index in [0.717, 1.165) is 39.2 Å². The molecule has 4 aliphatic rings. The van der Waals surface area contributed by atoms with Crippen molar-refractivity contribution >= 4 is 50.7 Å². The van der Waals surface area contributed by atoms with Crippen molar-refractivity contribution in [2.75, 3.05) is 75.3 Å². The second-order valence-electron chi connectivity index (χ2n) is 16.1. The van der Waals surface area contributed by atoms with Crippen LogP contribution in [0.4, 0.5) is 17.1 Å². The number of aliphatic hydroxyl groups is 1. The molecule has 0 bridgehead atoms. The van der Waals surface area contributed by atoms with Gasteiger partial charge in [-0.05, 0) is 85.0 Å². The zero-order chi connectivity index (χ0) is 44.1. The predicted molar refractivity (Wildman–Crippen MR) is 234 cm³/mol. The molecular weight excluding hydrogens is 829 g/mol. The van der Waals surface area contributed by atoms with E-state index in [1.807, 2.05) is 49.4 Å². The molecule has 17 heteroatoms. The van der Waals surface area contributed by atoms with Gasteiger partial charge in [-0.15, -0.1) is 0 Å². The van der Waals surface area contributed by atoms with Gasteiger partial charge in [-0.3, -0.25) is 24.5 Å². The van der Waals surface area contributed by atoms with Crippen LogP contribution in [0.25, 0.3) is 11.1 Å². The van der Waals surface area contributed by atoms with Crippen LogP contribution in [-0.4, -0.2) is 118 Å². The summed E-state index contributed by atoms with van der Waals surface area (Å²) in [5.74, 6) is -1.42. The van der Waals surface area contributed by atoms with Crippen molar-refractivity contribution in [1.82, 2.24) is 14.5 Å². The fourth-order valence-electron chi connectivity index (χ4n) is 8.90. The molecule has 0 aromatic heterocycles. The van der Waals surface area contributed by atoms with E-state index in [2.05, 4.69) is 21.3 Å². The lowest BCUT2D eigenvalue weighted by molar-refractivity contribution is -0.137. The fourth-order valence-corrected chi connectivity index (χ4v) is 10.6. The Morgan fingerprint density at radius 1 is 0.873 bits per heavy atom. The van der Waals surface area contributed by atoms with E-state index in [9.17, 15) is 32.7 Å². The minimum absolute atomic E-state index is 0.113. The lowest BCUT2D eigenvalue weighted by atomic mass is 9.82. The molecule has 4 aliphatic heterocycles. The normalized spacial score (nSPS) is 20.7. The van der Waals surface area contributed by atoms with Gasteiger partial charge < -0.3 is 40.2 Å². The lowest BCUT2D eigenvalue weighted by Gasteiger charge is -2.39. The largest absolute Gasteiger partial charge is 0.394 e. The van der Waals surface area contributed by atoms with Crippen LogP contribution in [0, 0.1) is 12.8 Å². The number of aliphatic hydroxyl groups excluding tert-OH is 1. The third kappa shape index (κ3) is 9.63. The Hall–Kier alpha value is -5.69. The Bertz CT molecular complexity index is 2470. The van der Waals surface area contributed by atoms with Crippen LogP contribution >= 0.6 is 0 Å². The Kier molecular flexibility index (Phi) is 13.5. The number of rotatable bonds is 18. The van der Waals surface area contributed by atoms with Crippen LogP contribution in [0.2, 0.25) is 0 Å². The van der Waals surface area contributed by atoms with Crippen molar-refractivity contribution in [1.29, 1.82) is 0 Å². The number of aryl methyl sites for hydroxylation is 1. The summed E-state index contributed by atoms with van der Waals surface area (Å²) < 4.78 is 46.3. The summed E-state index contributed by atoms with van der Waals surface area (Å²) in [6.45, 7) is 4.31. The van der Waals surface area contributed by atoms with Crippen LogP contribution < -0.4 is 21.3 Å². The summed E-state index contributed by atoms with van der Waals surface area (Å²) in [5.41, 5.74) is 7.03. The van der Waals surface area contributed by atoms with Gasteiger partial charge in [0, 0.05) is 60.2 Å². The van der Waals surface area contributed by atoms with E-state index >= 15 is 0 Å². The smallest absolute Gasteiger partial charge is 0.255 e. The Balaban J connectivity index is 0.756. The molecule has 4 aromatic rings. The van der Waals surface area contributed by atoms with Gasteiger partial charge >= 0.3 is 0 Å². The molecule has 0 aliphatic carbocycles. The molecule has 2 saturated heterocycles. The molecule has 4 atom stereocenters. The lowest BCUT2D eigenvalue weighted by Crippen LogP contribution is -2.52. The van der Waals surface area contributed by atoms with Crippen molar-refractivity contribution in [2.45, 2.75) is 55.8 Å². The van der Waals surface area contributed by atoms with Gasteiger partial charge in [-0.25, -0.2) is 8.42 Å². The zero-order valence-electron chi connectivity index (χ0n) is 35.0. The summed E-state index contributed by atoms with van der Waals surface area (Å²) in [5, 5.41) is 22.2. The number of fused-ring (bicyclic) bond motifs is 4. The first-order chi connectivity index (χ1) is 30.5. The van der Waals surface area contributed by atoms with Gasteiger partial charge in [0.1, 0.15) is 12.6 Å². The maximum Gasteiger partial charge on any atom is 0.255 e. The number of piperidine rings is 1. The van der Waals surface area contributed by atoms with Crippen molar-refractivity contribution in [2.24, 2.45) is 5.92 Å². The van der Waals surface area contributed by atoms with E-state index in [0.29, 0.717) is 57.0 Å². The first-order valence-electron chi connectivity index (χ1n) is 21.3. The van der Waals surface area contributed by atoms with Crippen LogP contribution in [-0.2, 0) is 45.2 Å². The number of benzene rings is 4. The average Bonchev–Trinajstić information content (AvgIpc) is 3.88. The number of hydrogen-bond donors (Lipinski definition) is 5. The molecule has 63 heavy (non-hydrogen) atoms. The highest BCUT2D eigenvalue weighted by Gasteiger charge is 2.48. The van der Waals surface area contributed by atoms with E-state index in [1.54, 1.807) is 46.8 Å². The second-order valence-corrected chi connectivity index (χ2v) is 18.0. The molecule has 5 N–H and O–H groups in total. The second kappa shape index (κ2) is 19.4. The van der Waals surface area contributed by atoms with Gasteiger partial charge in [-0.1, -0.05) is 42.0 Å². The highest BCUT2D eigenvalue weighted by atomic mass is 32.2. The molecule has 8 rings (SSSR count). The van der Waals surface area contributed by atoms with Crippen LogP contribution in [0.15, 0.2) is 89.8 Å². The van der Waals surface area contributed by atoms with Crippen molar-refractivity contribution in [3.63, 3.8) is 0 Å². The number of carbonyl (C=O) groups excluding carboxylic acids is 4. The van der Waals surface area contributed by atoms with Gasteiger partial charge in [0.05, 0.1) is 56.6 Å². The summed E-state index contributed by atoms with van der Waals surface area (Å²) >= 11 is 0. The van der Waals surface area contributed by atoms with Crippen LogP contribution in [0.1, 0.15) is 52.4 Å². The van der Waals surface area contributed by atoms with Crippen molar-refractivity contribution < 1.29 is 46.9 Å². The molecule has 4 heterocycles. The van der Waals surface area contributed by atoms with Gasteiger partial charge in [0.2, 0.25) is 27.7 Å². The summed E-state index contributed by atoms with van der Waals surface area (Å²) in [6.07, 6.45) is 1.12. The van der Waals surface area contributed by atoms with Crippen molar-refractivity contribution in [3.8, 4) is 11.1 Å². The number of amides is 4. The average molecular weight is 881 g/mol. The number of sulfonamides is 1. The van der Waals surface area contributed by atoms with E-state index in [1.165, 1.54) is 4.90 Å². The molecular formula is C46H52N6O10S. The third-order valence-corrected chi connectivity index (χ3v) is 13.9. The maximum absolute atomic E-state index is 14.0. The van der Waals surface area contributed by atoms with Gasteiger partial charge in [0.15, 0.2) is 0 Å². The standard InChI is InChI=1S/C46H52N6O10S/c1-29-8-11-33(12-9-29)63(58,59)52-18-16-35-40(27-53)49-39-13-10-31(25-36(39)44(35)52)30-4-2-5-32(24-30)48-43(55)28-62-23-22-61-21-20-60-19-17-47-38-7-3-6-34-37(38)26-51(46(34)57)41-14-15-42(54)50-45(41)56/h2-13,24-25,35,40-41,44,47,49,53H,14-23,26-28H2,1H3,(H,48,55)(H,50,54,56)/t35-,40+,41?,44-/m1/s1. The highest BCUT2D eigenvalue weighted by Crippen LogP contribution is 2.49. The first kappa shape index (κ1) is 43.9. The van der Waals surface area contributed by atoms with E-state index < -0.39 is 28.0 Å². The van der Waals surface area contributed by atoms with E-state index in [-0.39, 0.29) is 74.0 Å². The summed E-state index contributed by atoms with van der Waals surface area (Å²) in [4.78, 5) is 51.6. The topological polar surface area (TPSA) is 205 Å². The molecule has 0 saturated carbocycles. The fraction of sp³-hybridized carbons (Fsp3) is 0.391. The molecule has 2 fully saturated rings. The summed E-state index contributed by atoms with van der Waals surface area (Å²) in [6, 6.07) is 24.2. The Labute approximate surface area is 366 Å². The number of imide groups is 1. The SMILES string of the molecule is Cc1ccc(S(=O)(=O)N2CC[C@@H]3[C@H](CO)Nc4ccc(-c5cccc(NC(=O)COCCOCCOCCNc6cccc7c6CN(C6CCC(=O)NC6=O)C7=O)c5)cc4[C@@H]32)cc1. The van der Waals surface area contributed by atoms with Crippen LogP contribution in [0.3, 0.4) is 0 Å². The molecule has 16 nitrogen and oxygen atoms in total. The van der Waals surface area contributed by atoms with Crippen LogP contribution in [0.5, 0.6) is 0 Å². The van der Waals surface area contributed by atoms with Crippen molar-refractivity contribution in [3.05, 3.63) is 107 Å². The minimum atomic E-state index is -3.81. The third-order valence-electron chi connectivity index (χ3n) is 12.1. The molecule has 4 amide bonds. The number of anilines is 3. The number of ether oxygens (including phenoxy) is 3. The molecule has 0 spiro atoms.